The number of likely N-dealkylation sites (tertiary alicyclic amines) is 1. The van der Waals surface area contributed by atoms with Crippen molar-refractivity contribution in [3.63, 3.8) is 0 Å². The van der Waals surface area contributed by atoms with Crippen molar-refractivity contribution >= 4 is 5.91 Å². The number of aromatic nitrogens is 2. The van der Waals surface area contributed by atoms with Crippen LogP contribution >= 0.6 is 0 Å². The van der Waals surface area contributed by atoms with E-state index in [-0.39, 0.29) is 23.3 Å². The summed E-state index contributed by atoms with van der Waals surface area (Å²) < 4.78 is 20.2. The van der Waals surface area contributed by atoms with Gasteiger partial charge in [-0.25, -0.2) is 9.07 Å². The van der Waals surface area contributed by atoms with Crippen LogP contribution in [0.25, 0.3) is 0 Å². The van der Waals surface area contributed by atoms with Crippen LogP contribution in [0.5, 0.6) is 0 Å². The first-order valence-electron chi connectivity index (χ1n) is 10.3. The Hall–Kier alpha value is -2.54. The largest absolute Gasteiger partial charge is 0.376 e. The molecule has 0 N–H and O–H groups in total. The lowest BCUT2D eigenvalue weighted by Crippen LogP contribution is -2.45. The standard InChI is InChI=1S/C22H24FN3O3/c23-17-5-3-16(4-6-17)22(8-9-22)21(28)25-10-1-2-18(25)13-26-20(27)12-15-14-29-11-7-19(15)24-26/h3-6,12,18H,1-2,7-11,13-14H2. The van der Waals surface area contributed by atoms with Crippen LogP contribution in [-0.2, 0) is 34.5 Å². The number of halogens is 1. The molecule has 1 aliphatic carbocycles. The number of benzene rings is 1. The van der Waals surface area contributed by atoms with Crippen LogP contribution in [0.2, 0.25) is 0 Å². The third-order valence-electron chi connectivity index (χ3n) is 6.48. The van der Waals surface area contributed by atoms with Crippen molar-refractivity contribution in [3.05, 3.63) is 63.3 Å². The molecule has 1 unspecified atom stereocenters. The van der Waals surface area contributed by atoms with E-state index in [1.54, 1.807) is 18.2 Å². The van der Waals surface area contributed by atoms with Gasteiger partial charge in [0, 0.05) is 24.6 Å². The van der Waals surface area contributed by atoms with Crippen LogP contribution in [0.3, 0.4) is 0 Å². The van der Waals surface area contributed by atoms with Crippen LogP contribution in [0.15, 0.2) is 35.1 Å². The summed E-state index contributed by atoms with van der Waals surface area (Å²) in [5, 5.41) is 4.56. The summed E-state index contributed by atoms with van der Waals surface area (Å²) >= 11 is 0. The molecule has 29 heavy (non-hydrogen) atoms. The van der Waals surface area contributed by atoms with Crippen LogP contribution in [0, 0.1) is 5.82 Å². The van der Waals surface area contributed by atoms with Gasteiger partial charge in [0.1, 0.15) is 5.82 Å². The van der Waals surface area contributed by atoms with E-state index in [2.05, 4.69) is 5.10 Å². The molecular formula is C22H24FN3O3. The van der Waals surface area contributed by atoms with Crippen LogP contribution in [0.1, 0.15) is 42.5 Å². The highest BCUT2D eigenvalue weighted by atomic mass is 19.1. The Balaban J connectivity index is 1.37. The minimum Gasteiger partial charge on any atom is -0.376 e. The second-order valence-electron chi connectivity index (χ2n) is 8.32. The molecule has 0 spiro atoms. The molecule has 1 aromatic carbocycles. The summed E-state index contributed by atoms with van der Waals surface area (Å²) in [5.74, 6) is -0.190. The Kier molecular flexibility index (Phi) is 4.50. The maximum Gasteiger partial charge on any atom is 0.267 e. The van der Waals surface area contributed by atoms with E-state index in [9.17, 15) is 14.0 Å². The van der Waals surface area contributed by atoms with Crippen molar-refractivity contribution in [1.82, 2.24) is 14.7 Å². The van der Waals surface area contributed by atoms with E-state index in [4.69, 9.17) is 4.74 Å². The first kappa shape index (κ1) is 18.5. The van der Waals surface area contributed by atoms with Crippen molar-refractivity contribution in [2.75, 3.05) is 13.2 Å². The molecule has 5 rings (SSSR count). The molecule has 1 saturated heterocycles. The lowest BCUT2D eigenvalue weighted by Gasteiger charge is -2.29. The highest BCUT2D eigenvalue weighted by molar-refractivity contribution is 5.91. The number of carbonyl (C=O) groups excluding carboxylic acids is 1. The lowest BCUT2D eigenvalue weighted by molar-refractivity contribution is -0.135. The first-order chi connectivity index (χ1) is 14.1. The van der Waals surface area contributed by atoms with Crippen molar-refractivity contribution in [2.45, 2.75) is 56.7 Å². The molecular weight excluding hydrogens is 373 g/mol. The fraction of sp³-hybridized carbons (Fsp3) is 0.500. The molecule has 152 valence electrons. The average molecular weight is 397 g/mol. The number of ether oxygens (including phenoxy) is 1. The van der Waals surface area contributed by atoms with E-state index >= 15 is 0 Å². The zero-order chi connectivity index (χ0) is 20.0. The Morgan fingerprint density at radius 3 is 2.83 bits per heavy atom. The molecule has 2 fully saturated rings. The van der Waals surface area contributed by atoms with Crippen LogP contribution in [0.4, 0.5) is 4.39 Å². The number of hydrogen-bond donors (Lipinski definition) is 0. The summed E-state index contributed by atoms with van der Waals surface area (Å²) in [6.07, 6.45) is 4.06. The predicted molar refractivity (Wildman–Crippen MR) is 104 cm³/mol. The molecule has 2 aromatic rings. The summed E-state index contributed by atoms with van der Waals surface area (Å²) in [6, 6.07) is 7.87. The fourth-order valence-electron chi connectivity index (χ4n) is 4.67. The second kappa shape index (κ2) is 7.06. The van der Waals surface area contributed by atoms with Crippen molar-refractivity contribution < 1.29 is 13.9 Å². The van der Waals surface area contributed by atoms with E-state index < -0.39 is 5.41 Å². The quantitative estimate of drug-likeness (QED) is 0.793. The minimum absolute atomic E-state index is 0.0384. The lowest BCUT2D eigenvalue weighted by atomic mass is 9.94. The van der Waals surface area contributed by atoms with Crippen molar-refractivity contribution in [3.8, 4) is 0 Å². The van der Waals surface area contributed by atoms with E-state index in [1.165, 1.54) is 16.8 Å². The van der Waals surface area contributed by atoms with Gasteiger partial charge in [-0.15, -0.1) is 0 Å². The third kappa shape index (κ3) is 3.27. The molecule has 0 radical (unpaired) electrons. The maximum absolute atomic E-state index is 13.4. The molecule has 3 aliphatic rings. The van der Waals surface area contributed by atoms with Gasteiger partial charge in [0.15, 0.2) is 0 Å². The Labute approximate surface area is 168 Å². The molecule has 3 heterocycles. The van der Waals surface area contributed by atoms with Crippen LogP contribution in [-0.4, -0.2) is 39.8 Å². The highest BCUT2D eigenvalue weighted by Gasteiger charge is 2.54. The zero-order valence-electron chi connectivity index (χ0n) is 16.3. The summed E-state index contributed by atoms with van der Waals surface area (Å²) in [5.41, 5.74) is 2.00. The highest BCUT2D eigenvalue weighted by Crippen LogP contribution is 2.50. The van der Waals surface area contributed by atoms with E-state index in [0.29, 0.717) is 32.7 Å². The summed E-state index contributed by atoms with van der Waals surface area (Å²) in [4.78, 5) is 27.9. The fourth-order valence-corrected chi connectivity index (χ4v) is 4.67. The van der Waals surface area contributed by atoms with Gasteiger partial charge in [-0.1, -0.05) is 12.1 Å². The summed E-state index contributed by atoms with van der Waals surface area (Å²) in [6.45, 7) is 2.16. The molecule has 7 heteroatoms. The average Bonchev–Trinajstić information content (AvgIpc) is 3.41. The number of rotatable bonds is 4. The number of carbonyl (C=O) groups is 1. The minimum atomic E-state index is -0.526. The van der Waals surface area contributed by atoms with Gasteiger partial charge in [-0.3, -0.25) is 9.59 Å². The van der Waals surface area contributed by atoms with Crippen molar-refractivity contribution in [1.29, 1.82) is 0 Å². The Morgan fingerprint density at radius 2 is 2.07 bits per heavy atom. The Bertz CT molecular complexity index is 997. The molecule has 1 aromatic heterocycles. The molecule has 6 nitrogen and oxygen atoms in total. The predicted octanol–water partition coefficient (Wildman–Crippen LogP) is 2.18. The van der Waals surface area contributed by atoms with Gasteiger partial charge in [0.2, 0.25) is 5.91 Å². The van der Waals surface area contributed by atoms with Crippen LogP contribution < -0.4 is 5.56 Å². The van der Waals surface area contributed by atoms with E-state index in [0.717, 1.165) is 42.5 Å². The summed E-state index contributed by atoms with van der Waals surface area (Å²) in [7, 11) is 0. The van der Waals surface area contributed by atoms with Gasteiger partial charge in [-0.05, 0) is 43.4 Å². The molecule has 1 saturated carbocycles. The number of fused-ring (bicyclic) bond motifs is 1. The van der Waals surface area contributed by atoms with Gasteiger partial charge >= 0.3 is 0 Å². The van der Waals surface area contributed by atoms with E-state index in [1.807, 2.05) is 4.90 Å². The topological polar surface area (TPSA) is 64.4 Å². The second-order valence-corrected chi connectivity index (χ2v) is 8.32. The molecule has 1 amide bonds. The number of amides is 1. The van der Waals surface area contributed by atoms with Gasteiger partial charge in [-0.2, -0.15) is 5.10 Å². The normalized spacial score (nSPS) is 22.4. The first-order valence-corrected chi connectivity index (χ1v) is 10.3. The van der Waals surface area contributed by atoms with Gasteiger partial charge in [0.05, 0.1) is 36.9 Å². The molecule has 0 bridgehead atoms. The Morgan fingerprint density at radius 1 is 1.28 bits per heavy atom. The number of nitrogens with zero attached hydrogens (tertiary/aromatic N) is 3. The SMILES string of the molecule is O=C(N1CCCC1Cn1nc2c(cc1=O)COCC2)C1(c2ccc(F)cc2)CC1. The third-order valence-corrected chi connectivity index (χ3v) is 6.48. The molecule has 2 aliphatic heterocycles. The monoisotopic (exact) mass is 397 g/mol. The zero-order valence-corrected chi connectivity index (χ0v) is 16.3. The van der Waals surface area contributed by atoms with Gasteiger partial charge < -0.3 is 9.64 Å². The molecule has 1 atom stereocenters. The number of hydrogen-bond acceptors (Lipinski definition) is 4. The maximum atomic E-state index is 13.4. The smallest absolute Gasteiger partial charge is 0.267 e. The van der Waals surface area contributed by atoms with Gasteiger partial charge in [0.25, 0.3) is 5.56 Å². The van der Waals surface area contributed by atoms with Crippen molar-refractivity contribution in [2.24, 2.45) is 0 Å².